The van der Waals surface area contributed by atoms with E-state index in [1.807, 2.05) is 0 Å². The van der Waals surface area contributed by atoms with E-state index in [9.17, 15) is 14.0 Å². The molecule has 1 aromatic carbocycles. The molecule has 0 aliphatic rings. The molecular weight excluding hydrogens is 237 g/mol. The molecule has 0 bridgehead atoms. The van der Waals surface area contributed by atoms with Gasteiger partial charge in [0.15, 0.2) is 0 Å². The van der Waals surface area contributed by atoms with Gasteiger partial charge in [-0.3, -0.25) is 9.59 Å². The van der Waals surface area contributed by atoms with Gasteiger partial charge in [0.25, 0.3) is 0 Å². The van der Waals surface area contributed by atoms with E-state index in [4.69, 9.17) is 5.11 Å². The largest absolute Gasteiger partial charge is 0.481 e. The number of halogens is 1. The maximum absolute atomic E-state index is 13.4. The van der Waals surface area contributed by atoms with Crippen molar-refractivity contribution in [1.82, 2.24) is 4.90 Å². The van der Waals surface area contributed by atoms with Crippen molar-refractivity contribution in [2.24, 2.45) is 5.92 Å². The van der Waals surface area contributed by atoms with Crippen LogP contribution in [0.25, 0.3) is 0 Å². The highest BCUT2D eigenvalue weighted by Crippen LogP contribution is 2.13. The maximum atomic E-state index is 13.4. The molecule has 1 amide bonds. The second-order valence-corrected chi connectivity index (χ2v) is 4.08. The van der Waals surface area contributed by atoms with Crippen molar-refractivity contribution in [3.8, 4) is 0 Å². The Balaban J connectivity index is 2.77. The molecule has 0 aromatic heterocycles. The predicted octanol–water partition coefficient (Wildman–Crippen LogP) is 1.89. The van der Waals surface area contributed by atoms with Gasteiger partial charge in [-0.25, -0.2) is 4.39 Å². The van der Waals surface area contributed by atoms with Crippen LogP contribution in [0.2, 0.25) is 0 Å². The Morgan fingerprint density at radius 2 is 2.00 bits per heavy atom. The minimum atomic E-state index is -1.15. The summed E-state index contributed by atoms with van der Waals surface area (Å²) < 4.78 is 13.4. The van der Waals surface area contributed by atoms with Gasteiger partial charge < -0.3 is 10.0 Å². The lowest BCUT2D eigenvalue weighted by Crippen LogP contribution is -2.36. The number of nitrogens with zero attached hydrogens (tertiary/aromatic N) is 1. The van der Waals surface area contributed by atoms with E-state index >= 15 is 0 Å². The summed E-state index contributed by atoms with van der Waals surface area (Å²) in [5.74, 6) is -3.13. The number of aliphatic carboxylic acids is 1. The van der Waals surface area contributed by atoms with Crippen LogP contribution >= 0.6 is 0 Å². The molecule has 0 saturated carbocycles. The third-order valence-corrected chi connectivity index (χ3v) is 2.75. The lowest BCUT2D eigenvalue weighted by atomic mass is 10.1. The number of carboxylic acid groups (broad SMARTS) is 1. The molecule has 1 N–H and O–H groups in total. The summed E-state index contributed by atoms with van der Waals surface area (Å²) in [7, 11) is 1.47. The Kier molecular flexibility index (Phi) is 4.83. The number of rotatable bonds is 5. The van der Waals surface area contributed by atoms with Crippen LogP contribution in [0.4, 0.5) is 4.39 Å². The molecule has 4 nitrogen and oxygen atoms in total. The van der Waals surface area contributed by atoms with Gasteiger partial charge in [0, 0.05) is 19.2 Å². The van der Waals surface area contributed by atoms with Crippen LogP contribution in [-0.4, -0.2) is 28.9 Å². The molecule has 1 aromatic rings. The Labute approximate surface area is 105 Å². The van der Waals surface area contributed by atoms with E-state index in [0.29, 0.717) is 5.56 Å². The van der Waals surface area contributed by atoms with Crippen molar-refractivity contribution in [3.63, 3.8) is 0 Å². The normalized spacial score (nSPS) is 11.9. The van der Waals surface area contributed by atoms with Crippen molar-refractivity contribution in [2.75, 3.05) is 7.05 Å². The van der Waals surface area contributed by atoms with Crippen molar-refractivity contribution < 1.29 is 19.1 Å². The highest BCUT2D eigenvalue weighted by atomic mass is 19.1. The summed E-state index contributed by atoms with van der Waals surface area (Å²) in [4.78, 5) is 24.0. The fraction of sp³-hybridized carbons (Fsp3) is 0.385. The summed E-state index contributed by atoms with van der Waals surface area (Å²) in [5, 5.41) is 8.89. The van der Waals surface area contributed by atoms with E-state index in [1.165, 1.54) is 18.0 Å². The standard InChI is InChI=1S/C13H16FNO3/c1-3-10(13(17)18)12(16)15(2)8-9-6-4-5-7-11(9)14/h4-7,10H,3,8H2,1-2H3,(H,17,18). The zero-order valence-electron chi connectivity index (χ0n) is 10.4. The van der Waals surface area contributed by atoms with Crippen LogP contribution in [0, 0.1) is 11.7 Å². The summed E-state index contributed by atoms with van der Waals surface area (Å²) in [6.45, 7) is 1.70. The SMILES string of the molecule is CCC(C(=O)O)C(=O)N(C)Cc1ccccc1F. The van der Waals surface area contributed by atoms with Crippen LogP contribution in [0.3, 0.4) is 0 Å². The third-order valence-electron chi connectivity index (χ3n) is 2.75. The summed E-state index contributed by atoms with van der Waals surface area (Å²) >= 11 is 0. The van der Waals surface area contributed by atoms with Crippen molar-refractivity contribution in [2.45, 2.75) is 19.9 Å². The molecule has 0 aliphatic carbocycles. The van der Waals surface area contributed by atoms with Gasteiger partial charge >= 0.3 is 5.97 Å². The summed E-state index contributed by atoms with van der Waals surface area (Å²) in [6, 6.07) is 6.11. The third kappa shape index (κ3) is 3.29. The van der Waals surface area contributed by atoms with Crippen LogP contribution in [-0.2, 0) is 16.1 Å². The average molecular weight is 253 g/mol. The van der Waals surface area contributed by atoms with Crippen LogP contribution in [0.15, 0.2) is 24.3 Å². The Bertz CT molecular complexity index is 448. The molecule has 98 valence electrons. The average Bonchev–Trinajstić information content (AvgIpc) is 2.32. The van der Waals surface area contributed by atoms with Crippen LogP contribution in [0.1, 0.15) is 18.9 Å². The molecule has 0 heterocycles. The number of hydrogen-bond acceptors (Lipinski definition) is 2. The van der Waals surface area contributed by atoms with Crippen LogP contribution in [0.5, 0.6) is 0 Å². The Hall–Kier alpha value is -1.91. The molecule has 0 saturated heterocycles. The van der Waals surface area contributed by atoms with Gasteiger partial charge in [-0.1, -0.05) is 25.1 Å². The van der Waals surface area contributed by atoms with Gasteiger partial charge in [-0.2, -0.15) is 0 Å². The number of carboxylic acids is 1. The van der Waals surface area contributed by atoms with Crippen molar-refractivity contribution in [1.29, 1.82) is 0 Å². The Morgan fingerprint density at radius 3 is 2.50 bits per heavy atom. The fourth-order valence-electron chi connectivity index (χ4n) is 1.68. The molecule has 5 heteroatoms. The molecule has 0 fully saturated rings. The van der Waals surface area contributed by atoms with Gasteiger partial charge in [-0.15, -0.1) is 0 Å². The minimum absolute atomic E-state index is 0.0648. The van der Waals surface area contributed by atoms with Crippen LogP contribution < -0.4 is 0 Å². The monoisotopic (exact) mass is 253 g/mol. The van der Waals surface area contributed by atoms with Gasteiger partial charge in [0.05, 0.1) is 0 Å². The quantitative estimate of drug-likeness (QED) is 0.815. The molecule has 18 heavy (non-hydrogen) atoms. The first kappa shape index (κ1) is 14.2. The smallest absolute Gasteiger partial charge is 0.316 e. The van der Waals surface area contributed by atoms with E-state index in [-0.39, 0.29) is 13.0 Å². The molecule has 1 unspecified atom stereocenters. The number of hydrogen-bond donors (Lipinski definition) is 1. The molecule has 1 rings (SSSR count). The first-order chi connectivity index (χ1) is 8.47. The lowest BCUT2D eigenvalue weighted by Gasteiger charge is -2.21. The number of carbonyl (C=O) groups excluding carboxylic acids is 1. The van der Waals surface area contributed by atoms with E-state index in [0.717, 1.165) is 0 Å². The topological polar surface area (TPSA) is 57.6 Å². The minimum Gasteiger partial charge on any atom is -0.481 e. The molecule has 0 radical (unpaired) electrons. The zero-order chi connectivity index (χ0) is 13.7. The summed E-state index contributed by atoms with van der Waals surface area (Å²) in [6.07, 6.45) is 0.218. The predicted molar refractivity (Wildman–Crippen MR) is 64.3 cm³/mol. The van der Waals surface area contributed by atoms with Crippen molar-refractivity contribution in [3.05, 3.63) is 35.6 Å². The molecule has 0 aliphatic heterocycles. The first-order valence-electron chi connectivity index (χ1n) is 5.68. The van der Waals surface area contributed by atoms with Gasteiger partial charge in [-0.05, 0) is 12.5 Å². The van der Waals surface area contributed by atoms with E-state index in [2.05, 4.69) is 0 Å². The zero-order valence-corrected chi connectivity index (χ0v) is 10.4. The molecule has 1 atom stereocenters. The number of amides is 1. The number of benzene rings is 1. The molecular formula is C13H16FNO3. The fourth-order valence-corrected chi connectivity index (χ4v) is 1.68. The van der Waals surface area contributed by atoms with Gasteiger partial charge in [0.2, 0.25) is 5.91 Å². The van der Waals surface area contributed by atoms with E-state index < -0.39 is 23.6 Å². The van der Waals surface area contributed by atoms with Crippen molar-refractivity contribution >= 4 is 11.9 Å². The summed E-state index contributed by atoms with van der Waals surface area (Å²) in [5.41, 5.74) is 0.369. The lowest BCUT2D eigenvalue weighted by molar-refractivity contribution is -0.150. The first-order valence-corrected chi connectivity index (χ1v) is 5.68. The molecule has 0 spiro atoms. The van der Waals surface area contributed by atoms with Gasteiger partial charge in [0.1, 0.15) is 11.7 Å². The second-order valence-electron chi connectivity index (χ2n) is 4.08. The second kappa shape index (κ2) is 6.14. The highest BCUT2D eigenvalue weighted by molar-refractivity contribution is 5.96. The maximum Gasteiger partial charge on any atom is 0.316 e. The Morgan fingerprint density at radius 1 is 1.39 bits per heavy atom. The highest BCUT2D eigenvalue weighted by Gasteiger charge is 2.27. The van der Waals surface area contributed by atoms with E-state index in [1.54, 1.807) is 25.1 Å². The number of carbonyl (C=O) groups is 2.